The summed E-state index contributed by atoms with van der Waals surface area (Å²) in [6.45, 7) is 1.15. The zero-order valence-corrected chi connectivity index (χ0v) is 14.1. The van der Waals surface area contributed by atoms with Crippen LogP contribution in [0.3, 0.4) is 0 Å². The molecule has 1 aliphatic rings. The molecule has 0 unspecified atom stereocenters. The van der Waals surface area contributed by atoms with Crippen molar-refractivity contribution < 1.29 is 19.2 Å². The van der Waals surface area contributed by atoms with Crippen molar-refractivity contribution >= 4 is 29.1 Å². The molecule has 1 aromatic carbocycles. The number of halogens is 1. The number of oxime groups is 1. The van der Waals surface area contributed by atoms with Gasteiger partial charge in [0.2, 0.25) is 12.0 Å². The summed E-state index contributed by atoms with van der Waals surface area (Å²) in [5.41, 5.74) is 1.57. The molecule has 2 N–H and O–H groups in total. The van der Waals surface area contributed by atoms with Crippen LogP contribution in [-0.4, -0.2) is 50.4 Å². The molecule has 0 saturated carbocycles. The van der Waals surface area contributed by atoms with Crippen molar-refractivity contribution in [3.63, 3.8) is 0 Å². The monoisotopic (exact) mass is 353 g/mol. The Labute approximate surface area is 145 Å². The highest BCUT2D eigenvalue weighted by molar-refractivity contribution is 6.30. The molecule has 0 saturated heterocycles. The SMILES string of the molecule is COCCNC(=O)CCNC(=O)[C@@H]1CC(c2ccc(Cl)cc2)=NO1. The number of methoxy groups -OCH3 is 1. The van der Waals surface area contributed by atoms with Crippen molar-refractivity contribution in [2.24, 2.45) is 5.16 Å². The van der Waals surface area contributed by atoms with Crippen LogP contribution in [0.5, 0.6) is 0 Å². The smallest absolute Gasteiger partial charge is 0.264 e. The first-order chi connectivity index (χ1) is 11.6. The minimum Gasteiger partial charge on any atom is -0.383 e. The van der Waals surface area contributed by atoms with Crippen LogP contribution in [0.4, 0.5) is 0 Å². The minimum absolute atomic E-state index is 0.141. The van der Waals surface area contributed by atoms with Crippen molar-refractivity contribution in [3.05, 3.63) is 34.9 Å². The van der Waals surface area contributed by atoms with E-state index in [0.717, 1.165) is 5.56 Å². The number of hydrogen-bond donors (Lipinski definition) is 2. The van der Waals surface area contributed by atoms with E-state index < -0.39 is 6.10 Å². The molecular weight excluding hydrogens is 334 g/mol. The summed E-state index contributed by atoms with van der Waals surface area (Å²) >= 11 is 5.85. The highest BCUT2D eigenvalue weighted by Crippen LogP contribution is 2.18. The molecule has 0 fully saturated rings. The summed E-state index contributed by atoms with van der Waals surface area (Å²) in [4.78, 5) is 28.7. The average molecular weight is 354 g/mol. The molecule has 0 aliphatic carbocycles. The molecule has 0 spiro atoms. The lowest BCUT2D eigenvalue weighted by atomic mass is 10.0. The van der Waals surface area contributed by atoms with Gasteiger partial charge in [-0.3, -0.25) is 9.59 Å². The van der Waals surface area contributed by atoms with Crippen LogP contribution < -0.4 is 10.6 Å². The van der Waals surface area contributed by atoms with E-state index in [1.165, 1.54) is 0 Å². The van der Waals surface area contributed by atoms with Crippen molar-refractivity contribution in [1.82, 2.24) is 10.6 Å². The fraction of sp³-hybridized carbons (Fsp3) is 0.438. The molecule has 130 valence electrons. The maximum atomic E-state index is 12.0. The van der Waals surface area contributed by atoms with Gasteiger partial charge in [-0.25, -0.2) is 0 Å². The third-order valence-electron chi connectivity index (χ3n) is 3.42. The van der Waals surface area contributed by atoms with Gasteiger partial charge < -0.3 is 20.2 Å². The van der Waals surface area contributed by atoms with Crippen LogP contribution >= 0.6 is 11.6 Å². The topological polar surface area (TPSA) is 89.0 Å². The van der Waals surface area contributed by atoms with Crippen molar-refractivity contribution in [2.45, 2.75) is 18.9 Å². The van der Waals surface area contributed by atoms with Crippen LogP contribution in [0, 0.1) is 0 Å². The number of rotatable bonds is 8. The lowest BCUT2D eigenvalue weighted by Crippen LogP contribution is -2.37. The Morgan fingerprint density at radius 3 is 2.75 bits per heavy atom. The predicted molar refractivity (Wildman–Crippen MR) is 90.0 cm³/mol. The number of ether oxygens (including phenoxy) is 1. The fourth-order valence-electron chi connectivity index (χ4n) is 2.12. The molecule has 0 radical (unpaired) electrons. The van der Waals surface area contributed by atoms with Gasteiger partial charge in [-0.2, -0.15) is 0 Å². The van der Waals surface area contributed by atoms with E-state index in [9.17, 15) is 9.59 Å². The van der Waals surface area contributed by atoms with Gasteiger partial charge in [0, 0.05) is 38.1 Å². The number of nitrogens with zero attached hydrogens (tertiary/aromatic N) is 1. The molecule has 0 bridgehead atoms. The van der Waals surface area contributed by atoms with Crippen molar-refractivity contribution in [3.8, 4) is 0 Å². The lowest BCUT2D eigenvalue weighted by molar-refractivity contribution is -0.131. The predicted octanol–water partition coefficient (Wildman–Crippen LogP) is 1.10. The molecule has 8 heteroatoms. The third kappa shape index (κ3) is 5.50. The Morgan fingerprint density at radius 1 is 1.29 bits per heavy atom. The first-order valence-corrected chi connectivity index (χ1v) is 8.00. The van der Waals surface area contributed by atoms with Gasteiger partial charge >= 0.3 is 0 Å². The number of benzene rings is 1. The highest BCUT2D eigenvalue weighted by Gasteiger charge is 2.28. The molecule has 1 atom stereocenters. The summed E-state index contributed by atoms with van der Waals surface area (Å²) in [5, 5.41) is 9.94. The summed E-state index contributed by atoms with van der Waals surface area (Å²) in [6, 6.07) is 7.17. The second-order valence-electron chi connectivity index (χ2n) is 5.23. The normalized spacial score (nSPS) is 16.2. The van der Waals surface area contributed by atoms with Gasteiger partial charge in [0.1, 0.15) is 0 Å². The molecule has 1 aliphatic heterocycles. The van der Waals surface area contributed by atoms with E-state index in [1.54, 1.807) is 19.2 Å². The maximum absolute atomic E-state index is 12.0. The molecule has 1 aromatic rings. The number of carbonyl (C=O) groups excluding carboxylic acids is 2. The van der Waals surface area contributed by atoms with E-state index in [4.69, 9.17) is 21.2 Å². The minimum atomic E-state index is -0.674. The summed E-state index contributed by atoms with van der Waals surface area (Å²) in [5.74, 6) is -0.426. The van der Waals surface area contributed by atoms with E-state index >= 15 is 0 Å². The number of amides is 2. The van der Waals surface area contributed by atoms with Gasteiger partial charge in [-0.15, -0.1) is 0 Å². The largest absolute Gasteiger partial charge is 0.383 e. The van der Waals surface area contributed by atoms with Crippen molar-refractivity contribution in [2.75, 3.05) is 26.8 Å². The second kappa shape index (κ2) is 9.24. The Morgan fingerprint density at radius 2 is 2.04 bits per heavy atom. The lowest BCUT2D eigenvalue weighted by Gasteiger charge is -2.09. The number of nitrogens with one attached hydrogen (secondary N) is 2. The Hall–Kier alpha value is -2.12. The zero-order chi connectivity index (χ0) is 17.4. The molecule has 24 heavy (non-hydrogen) atoms. The van der Waals surface area contributed by atoms with Gasteiger partial charge in [-0.1, -0.05) is 28.9 Å². The Kier molecular flexibility index (Phi) is 7.02. The highest BCUT2D eigenvalue weighted by atomic mass is 35.5. The first kappa shape index (κ1) is 18.2. The van der Waals surface area contributed by atoms with Gasteiger partial charge in [-0.05, 0) is 17.7 Å². The zero-order valence-electron chi connectivity index (χ0n) is 13.4. The van der Waals surface area contributed by atoms with Crippen LogP contribution in [0.2, 0.25) is 5.02 Å². The summed E-state index contributed by atoms with van der Waals surface area (Å²) in [6.07, 6.45) is -0.0900. The van der Waals surface area contributed by atoms with Gasteiger partial charge in [0.25, 0.3) is 5.91 Å². The molecule has 1 heterocycles. The quantitative estimate of drug-likeness (QED) is 0.685. The molecule has 0 aromatic heterocycles. The molecule has 2 amide bonds. The Balaban J connectivity index is 1.69. The van der Waals surface area contributed by atoms with Crippen LogP contribution in [0.15, 0.2) is 29.4 Å². The number of carbonyl (C=O) groups is 2. The van der Waals surface area contributed by atoms with Gasteiger partial charge in [0.05, 0.1) is 12.3 Å². The van der Waals surface area contributed by atoms with E-state index in [2.05, 4.69) is 15.8 Å². The third-order valence-corrected chi connectivity index (χ3v) is 3.67. The van der Waals surface area contributed by atoms with Crippen molar-refractivity contribution in [1.29, 1.82) is 0 Å². The molecular formula is C16H20ClN3O4. The summed E-state index contributed by atoms with van der Waals surface area (Å²) in [7, 11) is 1.56. The summed E-state index contributed by atoms with van der Waals surface area (Å²) < 4.78 is 4.83. The average Bonchev–Trinajstić information content (AvgIpc) is 3.06. The van der Waals surface area contributed by atoms with E-state index in [-0.39, 0.29) is 24.8 Å². The molecule has 7 nitrogen and oxygen atoms in total. The van der Waals surface area contributed by atoms with Crippen LogP contribution in [-0.2, 0) is 19.2 Å². The molecule has 2 rings (SSSR count). The number of hydrogen-bond acceptors (Lipinski definition) is 5. The van der Waals surface area contributed by atoms with E-state index in [0.29, 0.717) is 30.3 Å². The van der Waals surface area contributed by atoms with E-state index in [1.807, 2.05) is 12.1 Å². The first-order valence-electron chi connectivity index (χ1n) is 7.62. The van der Waals surface area contributed by atoms with Gasteiger partial charge in [0.15, 0.2) is 0 Å². The maximum Gasteiger partial charge on any atom is 0.264 e. The standard InChI is InChI=1S/C16H20ClN3O4/c1-23-9-8-18-15(21)6-7-19-16(22)14-10-13(20-24-14)11-2-4-12(17)5-3-11/h2-5,14H,6-10H2,1H3,(H,18,21)(H,19,22)/t14-/m0/s1. The second-order valence-corrected chi connectivity index (χ2v) is 5.66. The fourth-order valence-corrected chi connectivity index (χ4v) is 2.25. The van der Waals surface area contributed by atoms with Crippen LogP contribution in [0.25, 0.3) is 0 Å². The van der Waals surface area contributed by atoms with Crippen LogP contribution in [0.1, 0.15) is 18.4 Å². The Bertz CT molecular complexity index is 604.